The molecule has 0 aromatic heterocycles. The largest absolute Gasteiger partial charge is 0.338 e. The van der Waals surface area contributed by atoms with Crippen molar-refractivity contribution in [3.05, 3.63) is 286 Å². The summed E-state index contributed by atoms with van der Waals surface area (Å²) in [4.78, 5) is 2.69. The highest BCUT2D eigenvalue weighted by molar-refractivity contribution is 6.00. The van der Waals surface area contributed by atoms with Gasteiger partial charge in [0.15, 0.2) is 0 Å². The van der Waals surface area contributed by atoms with Crippen LogP contribution in [0.5, 0.6) is 0 Å². The quantitative estimate of drug-likeness (QED) is 0.155. The Morgan fingerprint density at radius 3 is 2.02 bits per heavy atom. The number of fused-ring (bicyclic) bond motifs is 10. The monoisotopic (exact) mass is 845 g/mol. The van der Waals surface area contributed by atoms with Crippen LogP contribution >= 0.6 is 0 Å². The van der Waals surface area contributed by atoms with E-state index in [1.807, 2.05) is 0 Å². The molecule has 1 nitrogen and oxygen atoms in total. The van der Waals surface area contributed by atoms with Gasteiger partial charge in [-0.25, -0.2) is 0 Å². The van der Waals surface area contributed by atoms with E-state index in [2.05, 4.69) is 236 Å². The SMILES string of the molecule is C1=CCC2C(=C1)C=CC(c1ccc(-c3cccc(N(C4=CC=C5C6=C(CCC=C6)C6(c7ccccc7-c7ccccc76)C5C4)C4C=CC=C(c5ccccc5)C4)c3)cc1)=C2c1ccccc1. The van der Waals surface area contributed by atoms with Crippen LogP contribution in [-0.4, -0.2) is 6.04 Å². The maximum absolute atomic E-state index is 2.69. The summed E-state index contributed by atoms with van der Waals surface area (Å²) in [5, 5.41) is 0. The third-order valence-corrected chi connectivity index (χ3v) is 15.6. The number of benzene rings is 6. The minimum atomic E-state index is -0.194. The fraction of sp³-hybridized carbons (Fsp3) is 0.138. The summed E-state index contributed by atoms with van der Waals surface area (Å²) < 4.78 is 0. The molecule has 6 aromatic rings. The molecule has 0 saturated carbocycles. The molecule has 0 N–H and O–H groups in total. The Morgan fingerprint density at radius 2 is 1.23 bits per heavy atom. The number of anilines is 1. The van der Waals surface area contributed by atoms with E-state index >= 15 is 0 Å². The summed E-state index contributed by atoms with van der Waals surface area (Å²) in [6.07, 6.45) is 33.4. The lowest BCUT2D eigenvalue weighted by atomic mass is 9.63. The Hall–Kier alpha value is -7.48. The number of hydrogen-bond donors (Lipinski definition) is 0. The van der Waals surface area contributed by atoms with Crippen molar-refractivity contribution in [2.45, 2.75) is 43.6 Å². The van der Waals surface area contributed by atoms with Gasteiger partial charge in [-0.05, 0) is 139 Å². The van der Waals surface area contributed by atoms with Gasteiger partial charge in [0.25, 0.3) is 0 Å². The van der Waals surface area contributed by atoms with Crippen LogP contribution in [0.15, 0.2) is 259 Å². The lowest BCUT2D eigenvalue weighted by molar-refractivity contribution is 0.433. The molecule has 7 aliphatic carbocycles. The van der Waals surface area contributed by atoms with Crippen LogP contribution in [0.25, 0.3) is 39.0 Å². The zero-order valence-corrected chi connectivity index (χ0v) is 37.2. The fourth-order valence-electron chi connectivity index (χ4n) is 12.8. The first-order valence-electron chi connectivity index (χ1n) is 24.0. The molecule has 0 aliphatic heterocycles. The smallest absolute Gasteiger partial charge is 0.0562 e. The number of rotatable bonds is 7. The highest BCUT2D eigenvalue weighted by Crippen LogP contribution is 2.66. The molecule has 0 saturated heterocycles. The van der Waals surface area contributed by atoms with Crippen LogP contribution in [0.3, 0.4) is 0 Å². The first kappa shape index (κ1) is 38.9. The maximum atomic E-state index is 2.69. The molecule has 0 heterocycles. The number of nitrogens with zero attached hydrogens (tertiary/aromatic N) is 1. The Balaban J connectivity index is 0.907. The summed E-state index contributed by atoms with van der Waals surface area (Å²) in [5.74, 6) is 0.644. The van der Waals surface area contributed by atoms with Gasteiger partial charge in [0, 0.05) is 23.2 Å². The molecule has 0 bridgehead atoms. The standard InChI is InChI=1S/C65H51N/c1-3-17-44(18-4-1)49-22-15-24-51(41-49)66(53-38-40-59-58-29-11-14-32-62(58)65(63(59)43-53)60-30-12-9-27-56(60)57-28-10-13-31-61(57)65)52-25-16-23-50(42-52)45-33-35-47(36-34-45)55-39-37-46-19-7-8-26-54(46)64(55)48-20-5-2-6-21-48/h1-13,15-25,27-31,33-40,42,51,54,63H,14,26,32,41,43H2. The van der Waals surface area contributed by atoms with Crippen LogP contribution < -0.4 is 4.90 Å². The summed E-state index contributed by atoms with van der Waals surface area (Å²) in [6.45, 7) is 0. The highest BCUT2D eigenvalue weighted by Gasteiger charge is 2.57. The van der Waals surface area contributed by atoms with E-state index in [9.17, 15) is 0 Å². The minimum absolute atomic E-state index is 0.141. The second kappa shape index (κ2) is 15.9. The molecule has 66 heavy (non-hydrogen) atoms. The summed E-state index contributed by atoms with van der Waals surface area (Å²) >= 11 is 0. The second-order valence-corrected chi connectivity index (χ2v) is 18.9. The van der Waals surface area contributed by atoms with Crippen molar-refractivity contribution in [3.8, 4) is 22.3 Å². The van der Waals surface area contributed by atoms with Crippen molar-refractivity contribution in [1.29, 1.82) is 0 Å². The van der Waals surface area contributed by atoms with Gasteiger partial charge in [-0.1, -0.05) is 212 Å². The molecule has 0 radical (unpaired) electrons. The zero-order chi connectivity index (χ0) is 43.6. The topological polar surface area (TPSA) is 3.24 Å². The average Bonchev–Trinajstić information content (AvgIpc) is 3.86. The van der Waals surface area contributed by atoms with Crippen molar-refractivity contribution >= 4 is 22.4 Å². The van der Waals surface area contributed by atoms with Crippen LogP contribution in [0.2, 0.25) is 0 Å². The van der Waals surface area contributed by atoms with E-state index in [4.69, 9.17) is 0 Å². The van der Waals surface area contributed by atoms with Gasteiger partial charge in [-0.15, -0.1) is 0 Å². The van der Waals surface area contributed by atoms with E-state index < -0.39 is 0 Å². The molecular weight excluding hydrogens is 795 g/mol. The average molecular weight is 846 g/mol. The summed E-state index contributed by atoms with van der Waals surface area (Å²) in [7, 11) is 0. The van der Waals surface area contributed by atoms with Gasteiger partial charge < -0.3 is 4.90 Å². The van der Waals surface area contributed by atoms with Crippen LogP contribution in [-0.2, 0) is 5.41 Å². The molecule has 1 heteroatoms. The maximum Gasteiger partial charge on any atom is 0.0562 e. The van der Waals surface area contributed by atoms with Crippen molar-refractivity contribution in [3.63, 3.8) is 0 Å². The number of allylic oxidation sites excluding steroid dienone is 18. The van der Waals surface area contributed by atoms with Gasteiger partial charge in [-0.3, -0.25) is 0 Å². The Morgan fingerprint density at radius 1 is 0.515 bits per heavy atom. The van der Waals surface area contributed by atoms with Gasteiger partial charge in [0.1, 0.15) is 0 Å². The first-order valence-corrected chi connectivity index (χ1v) is 24.0. The third kappa shape index (κ3) is 6.13. The molecule has 316 valence electrons. The predicted molar refractivity (Wildman–Crippen MR) is 276 cm³/mol. The lowest BCUT2D eigenvalue weighted by Gasteiger charge is -2.43. The lowest BCUT2D eigenvalue weighted by Crippen LogP contribution is -2.40. The summed E-state index contributed by atoms with van der Waals surface area (Å²) in [6, 6.07) is 59.4. The van der Waals surface area contributed by atoms with E-state index in [-0.39, 0.29) is 17.4 Å². The Bertz CT molecular complexity index is 3220. The van der Waals surface area contributed by atoms with Crippen LogP contribution in [0.4, 0.5) is 5.69 Å². The van der Waals surface area contributed by atoms with Gasteiger partial charge in [0.2, 0.25) is 0 Å². The van der Waals surface area contributed by atoms with Gasteiger partial charge >= 0.3 is 0 Å². The van der Waals surface area contributed by atoms with Gasteiger partial charge in [0.05, 0.1) is 11.5 Å². The summed E-state index contributed by atoms with van der Waals surface area (Å²) in [5.41, 5.74) is 24.6. The van der Waals surface area contributed by atoms with E-state index in [0.29, 0.717) is 5.92 Å². The molecule has 13 rings (SSSR count). The molecule has 3 unspecified atom stereocenters. The molecule has 3 atom stereocenters. The van der Waals surface area contributed by atoms with E-state index in [1.165, 1.54) is 94.9 Å². The van der Waals surface area contributed by atoms with Crippen molar-refractivity contribution in [1.82, 2.24) is 0 Å². The van der Waals surface area contributed by atoms with Crippen molar-refractivity contribution < 1.29 is 0 Å². The third-order valence-electron chi connectivity index (χ3n) is 15.6. The zero-order valence-electron chi connectivity index (χ0n) is 37.2. The second-order valence-electron chi connectivity index (χ2n) is 18.9. The Labute approximate surface area is 389 Å². The molecule has 1 spiro atoms. The van der Waals surface area contributed by atoms with Crippen molar-refractivity contribution in [2.24, 2.45) is 11.8 Å². The molecule has 6 aromatic carbocycles. The first-order chi connectivity index (χ1) is 32.7. The van der Waals surface area contributed by atoms with Crippen LogP contribution in [0, 0.1) is 11.8 Å². The fourth-order valence-corrected chi connectivity index (χ4v) is 12.8. The van der Waals surface area contributed by atoms with Crippen molar-refractivity contribution in [2.75, 3.05) is 4.90 Å². The normalized spacial score (nSPS) is 21.6. The van der Waals surface area contributed by atoms with E-state index in [1.54, 1.807) is 5.57 Å². The van der Waals surface area contributed by atoms with Gasteiger partial charge in [-0.2, -0.15) is 0 Å². The predicted octanol–water partition coefficient (Wildman–Crippen LogP) is 16.0. The Kier molecular flexibility index (Phi) is 9.38. The van der Waals surface area contributed by atoms with E-state index in [0.717, 1.165) is 32.1 Å². The number of hydrogen-bond acceptors (Lipinski definition) is 1. The molecule has 7 aliphatic rings. The highest BCUT2D eigenvalue weighted by atomic mass is 15.2. The van der Waals surface area contributed by atoms with Crippen LogP contribution in [0.1, 0.15) is 59.9 Å². The molecule has 0 amide bonds. The molecular formula is C65H51N. The molecule has 0 fully saturated rings. The minimum Gasteiger partial charge on any atom is -0.338 e.